The highest BCUT2D eigenvalue weighted by Crippen LogP contribution is 2.42. The average Bonchev–Trinajstić information content (AvgIpc) is 3.49. The van der Waals surface area contributed by atoms with Gasteiger partial charge in [-0.1, -0.05) is 0 Å². The number of methoxy groups -OCH3 is 2. The van der Waals surface area contributed by atoms with Gasteiger partial charge in [-0.05, 0) is 38.0 Å². The summed E-state index contributed by atoms with van der Waals surface area (Å²) in [6.45, 7) is 2.74. The lowest BCUT2D eigenvalue weighted by Gasteiger charge is -2.21. The second-order valence-corrected chi connectivity index (χ2v) is 8.04. The van der Waals surface area contributed by atoms with E-state index in [1.807, 2.05) is 25.1 Å². The molecule has 1 atom stereocenters. The molecule has 0 spiro atoms. The predicted molar refractivity (Wildman–Crippen MR) is 119 cm³/mol. The Labute approximate surface area is 183 Å². The van der Waals surface area contributed by atoms with Gasteiger partial charge in [0.15, 0.2) is 23.0 Å². The fourth-order valence-electron chi connectivity index (χ4n) is 4.86. The number of hydrogen-bond acceptors (Lipinski definition) is 7. The summed E-state index contributed by atoms with van der Waals surface area (Å²) in [7, 11) is 3.15. The molecule has 164 valence electrons. The Balaban J connectivity index is 1.86. The molecule has 2 aliphatic rings. The maximum absolute atomic E-state index is 13.9. The molecule has 1 saturated heterocycles. The molecule has 8 heteroatoms. The van der Waals surface area contributed by atoms with Crippen LogP contribution in [0.3, 0.4) is 0 Å². The molecule has 32 heavy (non-hydrogen) atoms. The van der Waals surface area contributed by atoms with Crippen LogP contribution in [-0.2, 0) is 4.74 Å². The molecule has 1 unspecified atom stereocenters. The van der Waals surface area contributed by atoms with Crippen molar-refractivity contribution in [2.24, 2.45) is 0 Å². The number of rotatable bonds is 3. The van der Waals surface area contributed by atoms with Crippen LogP contribution in [0.25, 0.3) is 32.6 Å². The quantitative estimate of drug-likeness (QED) is 0.450. The number of ether oxygens (including phenoxy) is 5. The summed E-state index contributed by atoms with van der Waals surface area (Å²) in [5, 5.41) is 3.00. The molecule has 0 radical (unpaired) electrons. The van der Waals surface area contributed by atoms with Crippen molar-refractivity contribution in [2.75, 3.05) is 27.6 Å². The van der Waals surface area contributed by atoms with E-state index in [0.29, 0.717) is 35.0 Å². The SMILES string of the molecule is COc1cc2c(=O)n(C3CCCO3)c3c4cc5c(cc4nc(C)c3c2cc1OC)OCO5. The highest BCUT2D eigenvalue weighted by molar-refractivity contribution is 6.16. The number of nitrogens with zero attached hydrogens (tertiary/aromatic N) is 2. The maximum Gasteiger partial charge on any atom is 0.261 e. The van der Waals surface area contributed by atoms with E-state index in [-0.39, 0.29) is 18.6 Å². The summed E-state index contributed by atoms with van der Waals surface area (Å²) in [4.78, 5) is 18.8. The van der Waals surface area contributed by atoms with Crippen molar-refractivity contribution in [2.45, 2.75) is 26.0 Å². The minimum Gasteiger partial charge on any atom is -0.493 e. The molecule has 0 bridgehead atoms. The molecular weight excluding hydrogens is 412 g/mol. The second kappa shape index (κ2) is 7.00. The summed E-state index contributed by atoms with van der Waals surface area (Å²) in [5.41, 5.74) is 2.19. The van der Waals surface area contributed by atoms with Gasteiger partial charge in [0.05, 0.1) is 30.6 Å². The Morgan fingerprint density at radius 1 is 1.00 bits per heavy atom. The van der Waals surface area contributed by atoms with Crippen LogP contribution in [0, 0.1) is 6.92 Å². The van der Waals surface area contributed by atoms with Crippen molar-refractivity contribution in [1.29, 1.82) is 0 Å². The van der Waals surface area contributed by atoms with E-state index in [0.717, 1.165) is 45.7 Å². The highest BCUT2D eigenvalue weighted by Gasteiger charge is 2.27. The van der Waals surface area contributed by atoms with Gasteiger partial charge in [-0.2, -0.15) is 0 Å². The van der Waals surface area contributed by atoms with Gasteiger partial charge < -0.3 is 23.7 Å². The summed E-state index contributed by atoms with van der Waals surface area (Å²) in [6, 6.07) is 7.37. The van der Waals surface area contributed by atoms with Crippen molar-refractivity contribution >= 4 is 32.6 Å². The molecule has 2 aromatic carbocycles. The van der Waals surface area contributed by atoms with Crippen molar-refractivity contribution < 1.29 is 23.7 Å². The molecule has 0 amide bonds. The second-order valence-electron chi connectivity index (χ2n) is 8.04. The number of benzene rings is 2. The van der Waals surface area contributed by atoms with Gasteiger partial charge in [-0.25, -0.2) is 0 Å². The Morgan fingerprint density at radius 2 is 1.72 bits per heavy atom. The summed E-state index contributed by atoms with van der Waals surface area (Å²) < 4.78 is 30.0. The first kappa shape index (κ1) is 19.2. The molecule has 0 saturated carbocycles. The van der Waals surface area contributed by atoms with E-state index in [1.165, 1.54) is 0 Å². The smallest absolute Gasteiger partial charge is 0.261 e. The van der Waals surface area contributed by atoms with E-state index in [4.69, 9.17) is 28.7 Å². The first-order valence-electron chi connectivity index (χ1n) is 10.6. The van der Waals surface area contributed by atoms with E-state index in [9.17, 15) is 4.79 Å². The number of fused-ring (bicyclic) bond motifs is 6. The normalized spacial score (nSPS) is 17.5. The van der Waals surface area contributed by atoms with E-state index in [1.54, 1.807) is 24.9 Å². The third-order valence-corrected chi connectivity index (χ3v) is 6.31. The standard InChI is InChI=1S/C24H22N2O6/c1-12-22-13-7-17(28-2)18(29-3)8-14(13)24(27)26(21-5-4-6-30-21)23(22)15-9-19-20(32-11-31-19)10-16(15)25-12/h7-10,21H,4-6,11H2,1-3H3. The molecule has 0 N–H and O–H groups in total. The van der Waals surface area contributed by atoms with E-state index < -0.39 is 0 Å². The van der Waals surface area contributed by atoms with Gasteiger partial charge in [0, 0.05) is 34.5 Å². The number of aromatic nitrogens is 2. The Bertz CT molecular complexity index is 1470. The van der Waals surface area contributed by atoms with Gasteiger partial charge >= 0.3 is 0 Å². The van der Waals surface area contributed by atoms with Crippen LogP contribution in [0.5, 0.6) is 23.0 Å². The van der Waals surface area contributed by atoms with Gasteiger partial charge in [-0.3, -0.25) is 14.3 Å². The van der Waals surface area contributed by atoms with Crippen LogP contribution in [0.4, 0.5) is 0 Å². The van der Waals surface area contributed by atoms with Crippen molar-refractivity contribution in [3.05, 3.63) is 40.3 Å². The lowest BCUT2D eigenvalue weighted by atomic mass is 10.0. The monoisotopic (exact) mass is 434 g/mol. The fourth-order valence-corrected chi connectivity index (χ4v) is 4.86. The maximum atomic E-state index is 13.9. The zero-order valence-corrected chi connectivity index (χ0v) is 18.1. The summed E-state index contributed by atoms with van der Waals surface area (Å²) >= 11 is 0. The first-order valence-corrected chi connectivity index (χ1v) is 10.6. The van der Waals surface area contributed by atoms with Gasteiger partial charge in [0.1, 0.15) is 6.23 Å². The largest absolute Gasteiger partial charge is 0.493 e. The van der Waals surface area contributed by atoms with E-state index >= 15 is 0 Å². The summed E-state index contributed by atoms with van der Waals surface area (Å²) in [5.74, 6) is 2.36. The molecule has 4 aromatic rings. The van der Waals surface area contributed by atoms with Crippen molar-refractivity contribution in [1.82, 2.24) is 9.55 Å². The Hall–Kier alpha value is -3.52. The number of hydrogen-bond donors (Lipinski definition) is 0. The zero-order valence-electron chi connectivity index (χ0n) is 18.1. The van der Waals surface area contributed by atoms with Crippen molar-refractivity contribution in [3.63, 3.8) is 0 Å². The van der Waals surface area contributed by atoms with Crippen molar-refractivity contribution in [3.8, 4) is 23.0 Å². The van der Waals surface area contributed by atoms with Crippen LogP contribution in [0.2, 0.25) is 0 Å². The fraction of sp³-hybridized carbons (Fsp3) is 0.333. The molecule has 0 aliphatic carbocycles. The highest BCUT2D eigenvalue weighted by atomic mass is 16.7. The van der Waals surface area contributed by atoms with Gasteiger partial charge in [0.25, 0.3) is 5.56 Å². The minimum atomic E-state index is -0.349. The number of pyridine rings is 2. The van der Waals surface area contributed by atoms with Crippen LogP contribution in [0.15, 0.2) is 29.1 Å². The van der Waals surface area contributed by atoms with Gasteiger partial charge in [-0.15, -0.1) is 0 Å². The van der Waals surface area contributed by atoms with E-state index in [2.05, 4.69) is 0 Å². The zero-order chi connectivity index (χ0) is 22.0. The lowest BCUT2D eigenvalue weighted by molar-refractivity contribution is 0.0579. The van der Waals surface area contributed by atoms with Gasteiger partial charge in [0.2, 0.25) is 6.79 Å². The number of aryl methyl sites for hydroxylation is 1. The van der Waals surface area contributed by atoms with Crippen LogP contribution < -0.4 is 24.5 Å². The lowest BCUT2D eigenvalue weighted by Crippen LogP contribution is -2.26. The summed E-state index contributed by atoms with van der Waals surface area (Å²) in [6.07, 6.45) is 1.32. The first-order chi connectivity index (χ1) is 15.6. The topological polar surface area (TPSA) is 81.0 Å². The van der Waals surface area contributed by atoms with Crippen LogP contribution in [0.1, 0.15) is 24.8 Å². The minimum absolute atomic E-state index is 0.134. The molecule has 8 nitrogen and oxygen atoms in total. The van der Waals surface area contributed by atoms with Crippen LogP contribution >= 0.6 is 0 Å². The molecular formula is C24H22N2O6. The molecule has 6 rings (SSSR count). The third-order valence-electron chi connectivity index (χ3n) is 6.31. The third kappa shape index (κ3) is 2.59. The Morgan fingerprint density at radius 3 is 2.41 bits per heavy atom. The molecule has 1 fully saturated rings. The Kier molecular flexibility index (Phi) is 4.19. The molecule has 4 heterocycles. The molecule has 2 aliphatic heterocycles. The predicted octanol–water partition coefficient (Wildman–Crippen LogP) is 4.07. The average molecular weight is 434 g/mol. The van der Waals surface area contributed by atoms with Crippen LogP contribution in [-0.4, -0.2) is 37.2 Å². The molecule has 2 aromatic heterocycles.